The van der Waals surface area contributed by atoms with Gasteiger partial charge in [0.15, 0.2) is 5.78 Å². The van der Waals surface area contributed by atoms with Gasteiger partial charge in [0, 0.05) is 16.8 Å². The van der Waals surface area contributed by atoms with Gasteiger partial charge in [-0.3, -0.25) is 9.32 Å². The molecular formula is C20H26Cl2NO5PS. The molecule has 0 radical (unpaired) electrons. The van der Waals surface area contributed by atoms with Crippen molar-refractivity contribution < 1.29 is 23.7 Å². The van der Waals surface area contributed by atoms with Crippen molar-refractivity contribution in [2.75, 3.05) is 6.61 Å². The van der Waals surface area contributed by atoms with Crippen molar-refractivity contribution in [3.8, 4) is 0 Å². The van der Waals surface area contributed by atoms with Crippen LogP contribution in [0.5, 0.6) is 0 Å². The normalized spacial score (nSPS) is 13.9. The van der Waals surface area contributed by atoms with Crippen molar-refractivity contribution in [3.05, 3.63) is 55.7 Å². The summed E-state index contributed by atoms with van der Waals surface area (Å²) >= 11 is 13.4. The number of nitrogens with two attached hydrogens (primary N) is 1. The Balaban J connectivity index is 1.74. The second kappa shape index (κ2) is 11.2. The minimum atomic E-state index is -4.54. The number of hydrogen-bond acceptors (Lipinski definition) is 5. The lowest BCUT2D eigenvalue weighted by atomic mass is 9.98. The SMILES string of the molecule is CC(N)(CCc1ccc(C(=O)CCCCc2ccc(Cl)c(Cl)c2)s1)COP(=O)(O)O. The van der Waals surface area contributed by atoms with Crippen molar-refractivity contribution in [1.29, 1.82) is 0 Å². The molecule has 1 unspecified atom stereocenters. The molecule has 1 heterocycles. The van der Waals surface area contributed by atoms with Crippen LogP contribution in [0.2, 0.25) is 10.0 Å². The fourth-order valence-electron chi connectivity index (χ4n) is 2.81. The number of ketones is 1. The number of thiophene rings is 1. The quantitative estimate of drug-likeness (QED) is 0.207. The number of aryl methyl sites for hydroxylation is 2. The molecule has 6 nitrogen and oxygen atoms in total. The Labute approximate surface area is 190 Å². The number of unbranched alkanes of at least 4 members (excludes halogenated alkanes) is 1. The van der Waals surface area contributed by atoms with Crippen LogP contribution in [-0.4, -0.2) is 27.7 Å². The van der Waals surface area contributed by atoms with E-state index in [1.165, 1.54) is 11.3 Å². The van der Waals surface area contributed by atoms with E-state index in [2.05, 4.69) is 4.52 Å². The molecular weight excluding hydrogens is 468 g/mol. The molecule has 4 N–H and O–H groups in total. The van der Waals surface area contributed by atoms with E-state index in [1.807, 2.05) is 24.3 Å². The number of halogens is 2. The first-order valence-corrected chi connectivity index (χ1v) is 12.6. The van der Waals surface area contributed by atoms with Gasteiger partial charge in [0.25, 0.3) is 0 Å². The fraction of sp³-hybridized carbons (Fsp3) is 0.450. The lowest BCUT2D eigenvalue weighted by Gasteiger charge is -2.24. The van der Waals surface area contributed by atoms with E-state index in [9.17, 15) is 9.36 Å². The zero-order valence-electron chi connectivity index (χ0n) is 16.6. The molecule has 1 atom stereocenters. The Morgan fingerprint density at radius 1 is 1.17 bits per heavy atom. The highest BCUT2D eigenvalue weighted by Crippen LogP contribution is 2.37. The van der Waals surface area contributed by atoms with E-state index in [-0.39, 0.29) is 12.4 Å². The van der Waals surface area contributed by atoms with Crippen molar-refractivity contribution in [3.63, 3.8) is 0 Å². The van der Waals surface area contributed by atoms with Crippen molar-refractivity contribution in [2.45, 2.75) is 51.0 Å². The van der Waals surface area contributed by atoms with Crippen LogP contribution in [0, 0.1) is 0 Å². The average Bonchev–Trinajstić information content (AvgIpc) is 3.14. The molecule has 0 bridgehead atoms. The summed E-state index contributed by atoms with van der Waals surface area (Å²) in [5.74, 6) is 0.112. The molecule has 0 aliphatic rings. The second-order valence-corrected chi connectivity index (χ2v) is 10.8. The number of Topliss-reactive ketones (excluding diaryl/α,β-unsaturated/α-hetero) is 1. The van der Waals surface area contributed by atoms with E-state index < -0.39 is 13.4 Å². The average molecular weight is 494 g/mol. The predicted molar refractivity (Wildman–Crippen MR) is 122 cm³/mol. The van der Waals surface area contributed by atoms with Gasteiger partial charge in [0.05, 0.1) is 21.5 Å². The largest absolute Gasteiger partial charge is 0.469 e. The maximum absolute atomic E-state index is 12.4. The van der Waals surface area contributed by atoms with Crippen LogP contribution in [0.15, 0.2) is 30.3 Å². The number of phosphoric ester groups is 1. The van der Waals surface area contributed by atoms with Crippen molar-refractivity contribution in [2.24, 2.45) is 5.73 Å². The maximum atomic E-state index is 12.4. The Bertz CT molecular complexity index is 912. The summed E-state index contributed by atoms with van der Waals surface area (Å²) < 4.78 is 15.3. The summed E-state index contributed by atoms with van der Waals surface area (Å²) in [6, 6.07) is 9.29. The summed E-state index contributed by atoms with van der Waals surface area (Å²) in [5.41, 5.74) is 6.26. The van der Waals surface area contributed by atoms with Gasteiger partial charge in [-0.15, -0.1) is 11.3 Å². The van der Waals surface area contributed by atoms with Crippen LogP contribution in [-0.2, 0) is 21.9 Å². The van der Waals surface area contributed by atoms with E-state index in [0.717, 1.165) is 29.7 Å². The third-order valence-corrected chi connectivity index (χ3v) is 6.94. The van der Waals surface area contributed by atoms with Gasteiger partial charge in [-0.1, -0.05) is 29.3 Å². The smallest absolute Gasteiger partial charge is 0.323 e. The zero-order valence-corrected chi connectivity index (χ0v) is 19.9. The van der Waals surface area contributed by atoms with Crippen LogP contribution < -0.4 is 5.73 Å². The highest BCUT2D eigenvalue weighted by molar-refractivity contribution is 7.46. The molecule has 10 heteroatoms. The summed E-state index contributed by atoms with van der Waals surface area (Å²) in [6.45, 7) is 1.43. The summed E-state index contributed by atoms with van der Waals surface area (Å²) in [6.07, 6.45) is 4.06. The van der Waals surface area contributed by atoms with Crippen LogP contribution in [0.3, 0.4) is 0 Å². The summed E-state index contributed by atoms with van der Waals surface area (Å²) in [5, 5.41) is 1.08. The van der Waals surface area contributed by atoms with E-state index >= 15 is 0 Å². The first-order chi connectivity index (χ1) is 14.0. The van der Waals surface area contributed by atoms with Crippen molar-refractivity contribution in [1.82, 2.24) is 0 Å². The third-order valence-electron chi connectivity index (χ3n) is 4.54. The van der Waals surface area contributed by atoms with Gasteiger partial charge in [0.2, 0.25) is 0 Å². The van der Waals surface area contributed by atoms with Crippen LogP contribution in [0.25, 0.3) is 0 Å². The standard InChI is InChI=1S/C20H26Cl2NO5PS/c1-20(23,13-28-29(25,26)27)11-10-15-7-9-19(30-15)18(24)5-3-2-4-14-6-8-16(21)17(22)12-14/h6-9,12H,2-5,10-11,13,23H2,1H3,(H2,25,26,27). The van der Waals surface area contributed by atoms with Crippen molar-refractivity contribution >= 4 is 48.1 Å². The van der Waals surface area contributed by atoms with Gasteiger partial charge in [-0.2, -0.15) is 0 Å². The highest BCUT2D eigenvalue weighted by Gasteiger charge is 2.24. The molecule has 0 amide bonds. The van der Waals surface area contributed by atoms with Gasteiger partial charge < -0.3 is 15.5 Å². The van der Waals surface area contributed by atoms with E-state index in [0.29, 0.717) is 34.2 Å². The summed E-state index contributed by atoms with van der Waals surface area (Å²) in [4.78, 5) is 31.7. The summed E-state index contributed by atoms with van der Waals surface area (Å²) in [7, 11) is -4.54. The first kappa shape index (κ1) is 25.5. The molecule has 30 heavy (non-hydrogen) atoms. The highest BCUT2D eigenvalue weighted by atomic mass is 35.5. The molecule has 2 aromatic rings. The Hall–Kier alpha value is -0.760. The van der Waals surface area contributed by atoms with Crippen LogP contribution in [0.4, 0.5) is 0 Å². The monoisotopic (exact) mass is 493 g/mol. The minimum Gasteiger partial charge on any atom is -0.323 e. The number of benzene rings is 1. The lowest BCUT2D eigenvalue weighted by molar-refractivity contribution is 0.0983. The first-order valence-electron chi connectivity index (χ1n) is 9.50. The topological polar surface area (TPSA) is 110 Å². The molecule has 0 aliphatic carbocycles. The second-order valence-electron chi connectivity index (χ2n) is 7.56. The minimum absolute atomic E-state index is 0.112. The Morgan fingerprint density at radius 2 is 1.90 bits per heavy atom. The molecule has 0 fully saturated rings. The Morgan fingerprint density at radius 3 is 2.57 bits per heavy atom. The van der Waals surface area contributed by atoms with Gasteiger partial charge in [0.1, 0.15) is 0 Å². The van der Waals surface area contributed by atoms with Gasteiger partial charge in [-0.05, 0) is 68.9 Å². The third kappa shape index (κ3) is 9.16. The number of carbonyl (C=O) groups excluding carboxylic acids is 1. The van der Waals surface area contributed by atoms with Gasteiger partial charge in [-0.25, -0.2) is 4.57 Å². The van der Waals surface area contributed by atoms with E-state index in [4.69, 9.17) is 38.7 Å². The zero-order chi connectivity index (χ0) is 22.4. The maximum Gasteiger partial charge on any atom is 0.469 e. The van der Waals surface area contributed by atoms with E-state index in [1.54, 1.807) is 13.0 Å². The number of phosphoric acid groups is 1. The molecule has 1 aromatic carbocycles. The molecule has 2 rings (SSSR count). The molecule has 166 valence electrons. The van der Waals surface area contributed by atoms with Gasteiger partial charge >= 0.3 is 7.82 Å². The molecule has 0 aliphatic heterocycles. The number of hydrogen-bond donors (Lipinski definition) is 3. The number of rotatable bonds is 12. The molecule has 0 saturated heterocycles. The Kier molecular flexibility index (Phi) is 9.53. The molecule has 1 aromatic heterocycles. The van der Waals surface area contributed by atoms with Crippen LogP contribution >= 0.6 is 42.4 Å². The molecule has 0 saturated carbocycles. The fourth-order valence-corrected chi connectivity index (χ4v) is 4.57. The van der Waals surface area contributed by atoms with Crippen LogP contribution in [0.1, 0.15) is 52.7 Å². The predicted octanol–water partition coefficient (Wildman–Crippen LogP) is 5.41. The number of carbonyl (C=O) groups is 1. The lowest BCUT2D eigenvalue weighted by Crippen LogP contribution is -2.41. The molecule has 0 spiro atoms.